The van der Waals surface area contributed by atoms with Gasteiger partial charge in [0, 0.05) is 24.7 Å². The number of hydrogen-bond donors (Lipinski definition) is 2. The molecule has 0 spiro atoms. The predicted octanol–water partition coefficient (Wildman–Crippen LogP) is 3.89. The molecule has 7 nitrogen and oxygen atoms in total. The number of rotatable bonds is 9. The summed E-state index contributed by atoms with van der Waals surface area (Å²) < 4.78 is 33.8. The second kappa shape index (κ2) is 11.2. The Morgan fingerprint density at radius 3 is 2.25 bits per heavy atom. The Balaban J connectivity index is 1.49. The number of hydrogen-bond acceptors (Lipinski definition) is 6. The minimum atomic E-state index is -3.96. The summed E-state index contributed by atoms with van der Waals surface area (Å²) in [6.45, 7) is 1.26. The maximum absolute atomic E-state index is 13.6. The molecule has 3 aromatic carbocycles. The molecule has 4 rings (SSSR count). The molecule has 0 radical (unpaired) electrons. The smallest absolute Gasteiger partial charge is 0.264 e. The van der Waals surface area contributed by atoms with Gasteiger partial charge in [-0.1, -0.05) is 54.1 Å². The van der Waals surface area contributed by atoms with Gasteiger partial charge in [-0.2, -0.15) is 0 Å². The number of ether oxygens (including phenoxy) is 1. The molecule has 1 aliphatic rings. The molecule has 0 unspecified atom stereocenters. The number of likely N-dealkylation sites (tertiary alicyclic amines) is 1. The molecule has 192 valence electrons. The van der Waals surface area contributed by atoms with E-state index in [1.165, 1.54) is 23.5 Å². The summed E-state index contributed by atoms with van der Waals surface area (Å²) in [5.41, 5.74) is 0.230. The molecule has 0 aromatic heterocycles. The molecule has 0 aliphatic carbocycles. The Bertz CT molecular complexity index is 1250. The number of anilines is 1. The van der Waals surface area contributed by atoms with Gasteiger partial charge in [-0.15, -0.1) is 0 Å². The first-order chi connectivity index (χ1) is 17.2. The molecule has 0 saturated carbocycles. The molecule has 9 heteroatoms. The molecular weight excluding hydrogens is 500 g/mol. The van der Waals surface area contributed by atoms with Gasteiger partial charge in [0.2, 0.25) is 0 Å². The lowest BCUT2D eigenvalue weighted by molar-refractivity contribution is -0.0335. The van der Waals surface area contributed by atoms with E-state index >= 15 is 0 Å². The molecule has 0 bridgehead atoms. The molecule has 1 aliphatic heterocycles. The van der Waals surface area contributed by atoms with Crippen molar-refractivity contribution in [2.75, 3.05) is 37.6 Å². The Hall–Kier alpha value is -2.62. The lowest BCUT2D eigenvalue weighted by atomic mass is 9.84. The Kier molecular flexibility index (Phi) is 8.22. The third-order valence-electron chi connectivity index (χ3n) is 6.60. The van der Waals surface area contributed by atoms with Crippen LogP contribution in [0.15, 0.2) is 83.8 Å². The van der Waals surface area contributed by atoms with Crippen LogP contribution < -0.4 is 9.04 Å². The SMILES string of the molecule is COc1ccccc1N(C[C@@H](O)CN1CCC(O)(c2ccc(Cl)cc2)CC1)S(=O)(=O)c1ccccc1. The highest BCUT2D eigenvalue weighted by Crippen LogP contribution is 2.35. The summed E-state index contributed by atoms with van der Waals surface area (Å²) in [4.78, 5) is 2.18. The van der Waals surface area contributed by atoms with Gasteiger partial charge >= 0.3 is 0 Å². The Morgan fingerprint density at radius 1 is 1.00 bits per heavy atom. The van der Waals surface area contributed by atoms with Gasteiger partial charge in [-0.05, 0) is 54.8 Å². The molecule has 36 heavy (non-hydrogen) atoms. The van der Waals surface area contributed by atoms with Crippen LogP contribution in [0.1, 0.15) is 18.4 Å². The van der Waals surface area contributed by atoms with Crippen molar-refractivity contribution in [1.82, 2.24) is 4.90 Å². The van der Waals surface area contributed by atoms with E-state index in [1.54, 1.807) is 54.6 Å². The van der Waals surface area contributed by atoms with Crippen LogP contribution in [0.5, 0.6) is 5.75 Å². The molecule has 2 N–H and O–H groups in total. The number of aliphatic hydroxyl groups is 2. The molecule has 1 saturated heterocycles. The van der Waals surface area contributed by atoms with Crippen molar-refractivity contribution in [2.45, 2.75) is 29.4 Å². The summed E-state index contributed by atoms with van der Waals surface area (Å²) in [7, 11) is -2.47. The fourth-order valence-electron chi connectivity index (χ4n) is 4.58. The van der Waals surface area contributed by atoms with Crippen LogP contribution in [0.2, 0.25) is 5.02 Å². The van der Waals surface area contributed by atoms with Crippen molar-refractivity contribution in [3.63, 3.8) is 0 Å². The third-order valence-corrected chi connectivity index (χ3v) is 8.64. The average Bonchev–Trinajstić information content (AvgIpc) is 2.89. The number of piperidine rings is 1. The van der Waals surface area contributed by atoms with Gasteiger partial charge in [-0.3, -0.25) is 4.31 Å². The van der Waals surface area contributed by atoms with Crippen molar-refractivity contribution in [3.8, 4) is 5.75 Å². The number of sulfonamides is 1. The maximum atomic E-state index is 13.6. The minimum Gasteiger partial charge on any atom is -0.495 e. The van der Waals surface area contributed by atoms with E-state index in [-0.39, 0.29) is 18.0 Å². The van der Waals surface area contributed by atoms with Crippen LogP contribution >= 0.6 is 11.6 Å². The highest BCUT2D eigenvalue weighted by molar-refractivity contribution is 7.92. The quantitative estimate of drug-likeness (QED) is 0.436. The number of aliphatic hydroxyl groups excluding tert-OH is 1. The summed E-state index contributed by atoms with van der Waals surface area (Å²) in [5, 5.41) is 22.8. The Labute approximate surface area is 217 Å². The average molecular weight is 531 g/mol. The third kappa shape index (κ3) is 5.85. The fourth-order valence-corrected chi connectivity index (χ4v) is 6.24. The van der Waals surface area contributed by atoms with Crippen molar-refractivity contribution >= 4 is 27.3 Å². The highest BCUT2D eigenvalue weighted by atomic mass is 35.5. The van der Waals surface area contributed by atoms with Gasteiger partial charge in [0.25, 0.3) is 10.0 Å². The van der Waals surface area contributed by atoms with E-state index in [0.29, 0.717) is 42.4 Å². The second-order valence-corrected chi connectivity index (χ2v) is 11.3. The van der Waals surface area contributed by atoms with Crippen LogP contribution in [-0.4, -0.2) is 62.9 Å². The number of nitrogens with zero attached hydrogens (tertiary/aromatic N) is 2. The summed E-state index contributed by atoms with van der Waals surface area (Å²) >= 11 is 5.98. The van der Waals surface area contributed by atoms with Crippen molar-refractivity contribution in [3.05, 3.63) is 89.4 Å². The predicted molar refractivity (Wildman–Crippen MR) is 141 cm³/mol. The lowest BCUT2D eigenvalue weighted by Gasteiger charge is -2.39. The second-order valence-electron chi connectivity index (χ2n) is 9.01. The molecular formula is C27H31ClN2O5S. The first-order valence-corrected chi connectivity index (χ1v) is 13.6. The zero-order valence-corrected chi connectivity index (χ0v) is 21.7. The van der Waals surface area contributed by atoms with Crippen molar-refractivity contribution < 1.29 is 23.4 Å². The van der Waals surface area contributed by atoms with Gasteiger partial charge < -0.3 is 19.8 Å². The van der Waals surface area contributed by atoms with E-state index in [0.717, 1.165) is 5.56 Å². The Morgan fingerprint density at radius 2 is 1.61 bits per heavy atom. The standard InChI is InChI=1S/C27H31ClN2O5S/c1-35-26-10-6-5-9-25(26)30(36(33,34)24-7-3-2-4-8-24)20-23(31)19-29-17-15-27(32,16-18-29)21-11-13-22(28)14-12-21/h2-14,23,31-32H,15-20H2,1H3/t23-/m0/s1. The molecule has 0 amide bonds. The maximum Gasteiger partial charge on any atom is 0.264 e. The monoisotopic (exact) mass is 530 g/mol. The fraction of sp³-hybridized carbons (Fsp3) is 0.333. The van der Waals surface area contributed by atoms with Gasteiger partial charge in [0.05, 0.1) is 35.9 Å². The normalized spacial score (nSPS) is 16.9. The van der Waals surface area contributed by atoms with E-state index in [2.05, 4.69) is 0 Å². The van der Waals surface area contributed by atoms with Crippen LogP contribution in [0.4, 0.5) is 5.69 Å². The van der Waals surface area contributed by atoms with Gasteiger partial charge in [-0.25, -0.2) is 8.42 Å². The van der Waals surface area contributed by atoms with Crippen LogP contribution in [0, 0.1) is 0 Å². The molecule has 3 aromatic rings. The van der Waals surface area contributed by atoms with Crippen LogP contribution in [0.3, 0.4) is 0 Å². The first-order valence-electron chi connectivity index (χ1n) is 11.8. The summed E-state index contributed by atoms with van der Waals surface area (Å²) in [6.07, 6.45) is 0.0369. The van der Waals surface area contributed by atoms with E-state index < -0.39 is 21.7 Å². The van der Waals surface area contributed by atoms with Crippen molar-refractivity contribution in [2.24, 2.45) is 0 Å². The van der Waals surface area contributed by atoms with Gasteiger partial charge in [0.15, 0.2) is 0 Å². The number of β-amino-alcohol motifs (C(OH)–C–C–N with tert-alkyl or cyclic N) is 1. The zero-order valence-electron chi connectivity index (χ0n) is 20.1. The zero-order chi connectivity index (χ0) is 25.8. The number of para-hydroxylation sites is 2. The number of benzene rings is 3. The lowest BCUT2D eigenvalue weighted by Crippen LogP contribution is -2.48. The largest absolute Gasteiger partial charge is 0.495 e. The number of methoxy groups -OCH3 is 1. The van der Waals surface area contributed by atoms with E-state index in [1.807, 2.05) is 17.0 Å². The summed E-state index contributed by atoms with van der Waals surface area (Å²) in [5.74, 6) is 0.398. The van der Waals surface area contributed by atoms with Crippen LogP contribution in [0.25, 0.3) is 0 Å². The highest BCUT2D eigenvalue weighted by Gasteiger charge is 2.35. The van der Waals surface area contributed by atoms with Crippen molar-refractivity contribution in [1.29, 1.82) is 0 Å². The molecule has 1 fully saturated rings. The van der Waals surface area contributed by atoms with Gasteiger partial charge in [0.1, 0.15) is 5.75 Å². The molecule has 1 atom stereocenters. The van der Waals surface area contributed by atoms with E-state index in [4.69, 9.17) is 16.3 Å². The topological polar surface area (TPSA) is 90.3 Å². The summed E-state index contributed by atoms with van der Waals surface area (Å²) in [6, 6.07) is 22.2. The van der Waals surface area contributed by atoms with E-state index in [9.17, 15) is 18.6 Å². The van der Waals surface area contributed by atoms with Crippen LogP contribution in [-0.2, 0) is 15.6 Å². The number of halogens is 1. The first kappa shape index (κ1) is 26.4. The molecule has 1 heterocycles. The minimum absolute atomic E-state index is 0.133.